The normalized spacial score (nSPS) is 10.5. The number of benzene rings is 1. The molecule has 0 fully saturated rings. The van der Waals surface area contributed by atoms with Crippen molar-refractivity contribution >= 4 is 29.3 Å². The molecule has 0 aliphatic rings. The molecule has 0 radical (unpaired) electrons. The number of nitrogens with zero attached hydrogens (tertiary/aromatic N) is 1. The first-order chi connectivity index (χ1) is 9.82. The maximum atomic E-state index is 12.3. The maximum Gasteiger partial charge on any atom is 0.322 e. The van der Waals surface area contributed by atoms with E-state index in [1.807, 2.05) is 32.9 Å². The van der Waals surface area contributed by atoms with Crippen LogP contribution < -0.4 is 5.32 Å². The molecule has 0 aromatic heterocycles. The standard InChI is InChI=1S/C15H21ClN2O3/c1-10(2)18(9-5-8-13(19)20)15(21)17-14-11(3)6-4-7-12(14)16/h4,6-7,10H,5,8-9H2,1-3H3,(H,17,21)(H,19,20). The summed E-state index contributed by atoms with van der Waals surface area (Å²) in [5.74, 6) is -0.860. The van der Waals surface area contributed by atoms with Crippen molar-refractivity contribution in [2.75, 3.05) is 11.9 Å². The zero-order valence-corrected chi connectivity index (χ0v) is 13.3. The van der Waals surface area contributed by atoms with Crippen molar-refractivity contribution in [1.82, 2.24) is 4.90 Å². The molecule has 0 saturated carbocycles. The van der Waals surface area contributed by atoms with E-state index in [1.54, 1.807) is 11.0 Å². The summed E-state index contributed by atoms with van der Waals surface area (Å²) in [6, 6.07) is 5.11. The summed E-state index contributed by atoms with van der Waals surface area (Å²) in [4.78, 5) is 24.5. The number of carboxylic acid groups (broad SMARTS) is 1. The van der Waals surface area contributed by atoms with Crippen LogP contribution in [0.2, 0.25) is 5.02 Å². The number of hydrogen-bond donors (Lipinski definition) is 2. The zero-order valence-electron chi connectivity index (χ0n) is 12.5. The molecule has 6 heteroatoms. The van der Waals surface area contributed by atoms with Gasteiger partial charge in [0.1, 0.15) is 0 Å². The highest BCUT2D eigenvalue weighted by molar-refractivity contribution is 6.33. The second-order valence-electron chi connectivity index (χ2n) is 5.15. The summed E-state index contributed by atoms with van der Waals surface area (Å²) in [6.07, 6.45) is 0.462. The number of urea groups is 1. The number of para-hydroxylation sites is 1. The largest absolute Gasteiger partial charge is 0.481 e. The number of hydrogen-bond acceptors (Lipinski definition) is 2. The van der Waals surface area contributed by atoms with Gasteiger partial charge in [-0.25, -0.2) is 4.79 Å². The predicted octanol–water partition coefficient (Wildman–Crippen LogP) is 3.76. The van der Waals surface area contributed by atoms with Gasteiger partial charge in [-0.2, -0.15) is 0 Å². The van der Waals surface area contributed by atoms with E-state index in [-0.39, 0.29) is 18.5 Å². The Hall–Kier alpha value is -1.75. The molecule has 0 saturated heterocycles. The third-order valence-electron chi connectivity index (χ3n) is 3.13. The molecule has 0 spiro atoms. The van der Waals surface area contributed by atoms with Gasteiger partial charge in [0, 0.05) is 19.0 Å². The number of carbonyl (C=O) groups is 2. The number of aliphatic carboxylic acids is 1. The molecule has 2 N–H and O–H groups in total. The number of halogens is 1. The lowest BCUT2D eigenvalue weighted by atomic mass is 10.2. The fourth-order valence-electron chi connectivity index (χ4n) is 1.96. The smallest absolute Gasteiger partial charge is 0.322 e. The fraction of sp³-hybridized carbons (Fsp3) is 0.467. The molecule has 116 valence electrons. The van der Waals surface area contributed by atoms with Gasteiger partial charge in [0.25, 0.3) is 0 Å². The van der Waals surface area contributed by atoms with Gasteiger partial charge in [0.15, 0.2) is 0 Å². The molecular formula is C15H21ClN2O3. The highest BCUT2D eigenvalue weighted by Crippen LogP contribution is 2.25. The number of carbonyl (C=O) groups excluding carboxylic acids is 1. The number of anilines is 1. The summed E-state index contributed by atoms with van der Waals surface area (Å²) in [5, 5.41) is 12.0. The van der Waals surface area contributed by atoms with Crippen LogP contribution in [-0.2, 0) is 4.79 Å². The minimum Gasteiger partial charge on any atom is -0.481 e. The molecule has 1 rings (SSSR count). The van der Waals surface area contributed by atoms with Crippen molar-refractivity contribution in [2.24, 2.45) is 0 Å². The fourth-order valence-corrected chi connectivity index (χ4v) is 2.23. The molecule has 0 bridgehead atoms. The van der Waals surface area contributed by atoms with Crippen LogP contribution in [0.15, 0.2) is 18.2 Å². The minimum absolute atomic E-state index is 0.0263. The van der Waals surface area contributed by atoms with Crippen molar-refractivity contribution in [2.45, 2.75) is 39.7 Å². The Morgan fingerprint density at radius 1 is 1.38 bits per heavy atom. The quantitative estimate of drug-likeness (QED) is 0.840. The van der Waals surface area contributed by atoms with E-state index in [4.69, 9.17) is 16.7 Å². The second-order valence-corrected chi connectivity index (χ2v) is 5.55. The summed E-state index contributed by atoms with van der Waals surface area (Å²) in [6.45, 7) is 6.03. The van der Waals surface area contributed by atoms with Gasteiger partial charge in [0.05, 0.1) is 10.7 Å². The molecule has 2 amide bonds. The van der Waals surface area contributed by atoms with Gasteiger partial charge in [-0.05, 0) is 38.8 Å². The van der Waals surface area contributed by atoms with Crippen LogP contribution in [0, 0.1) is 6.92 Å². The summed E-state index contributed by atoms with van der Waals surface area (Å²) in [7, 11) is 0. The average molecular weight is 313 g/mol. The zero-order chi connectivity index (χ0) is 16.0. The molecular weight excluding hydrogens is 292 g/mol. The van der Waals surface area contributed by atoms with Crippen LogP contribution in [0.4, 0.5) is 10.5 Å². The van der Waals surface area contributed by atoms with Crippen LogP contribution >= 0.6 is 11.6 Å². The third kappa shape index (κ3) is 5.27. The van der Waals surface area contributed by atoms with Gasteiger partial charge in [-0.15, -0.1) is 0 Å². The summed E-state index contributed by atoms with van der Waals surface area (Å²) >= 11 is 6.09. The maximum absolute atomic E-state index is 12.3. The highest BCUT2D eigenvalue weighted by Gasteiger charge is 2.18. The van der Waals surface area contributed by atoms with Crippen LogP contribution in [-0.4, -0.2) is 34.6 Å². The van der Waals surface area contributed by atoms with E-state index >= 15 is 0 Å². The first kappa shape index (κ1) is 17.3. The average Bonchev–Trinajstić information content (AvgIpc) is 2.38. The van der Waals surface area contributed by atoms with Crippen LogP contribution in [0.5, 0.6) is 0 Å². The van der Waals surface area contributed by atoms with Crippen molar-refractivity contribution in [3.05, 3.63) is 28.8 Å². The topological polar surface area (TPSA) is 69.6 Å². The lowest BCUT2D eigenvalue weighted by molar-refractivity contribution is -0.137. The van der Waals surface area contributed by atoms with Crippen molar-refractivity contribution in [3.63, 3.8) is 0 Å². The Labute approximate surface area is 129 Å². The van der Waals surface area contributed by atoms with Gasteiger partial charge < -0.3 is 15.3 Å². The van der Waals surface area contributed by atoms with Gasteiger partial charge >= 0.3 is 12.0 Å². The molecule has 0 aliphatic carbocycles. The predicted molar refractivity (Wildman–Crippen MR) is 83.9 cm³/mol. The monoisotopic (exact) mass is 312 g/mol. The van der Waals surface area contributed by atoms with Crippen molar-refractivity contribution < 1.29 is 14.7 Å². The van der Waals surface area contributed by atoms with E-state index in [0.717, 1.165) is 5.56 Å². The molecule has 1 aromatic carbocycles. The molecule has 0 atom stereocenters. The first-order valence-electron chi connectivity index (χ1n) is 6.87. The molecule has 0 unspecified atom stereocenters. The lowest BCUT2D eigenvalue weighted by Crippen LogP contribution is -2.41. The molecule has 1 aromatic rings. The number of nitrogens with one attached hydrogen (secondary N) is 1. The molecule has 5 nitrogen and oxygen atoms in total. The second kappa shape index (κ2) is 7.88. The van der Waals surface area contributed by atoms with E-state index in [9.17, 15) is 9.59 Å². The van der Waals surface area contributed by atoms with Gasteiger partial charge in [-0.1, -0.05) is 23.7 Å². The summed E-state index contributed by atoms with van der Waals surface area (Å²) in [5.41, 5.74) is 1.47. The van der Waals surface area contributed by atoms with E-state index < -0.39 is 5.97 Å². The highest BCUT2D eigenvalue weighted by atomic mass is 35.5. The Morgan fingerprint density at radius 3 is 2.57 bits per heavy atom. The van der Waals surface area contributed by atoms with Gasteiger partial charge in [0.2, 0.25) is 0 Å². The Morgan fingerprint density at radius 2 is 2.05 bits per heavy atom. The van der Waals surface area contributed by atoms with E-state index in [0.29, 0.717) is 23.7 Å². The number of aryl methyl sites for hydroxylation is 1. The molecule has 21 heavy (non-hydrogen) atoms. The van der Waals surface area contributed by atoms with Crippen molar-refractivity contribution in [1.29, 1.82) is 0 Å². The minimum atomic E-state index is -0.860. The lowest BCUT2D eigenvalue weighted by Gasteiger charge is -2.27. The number of amides is 2. The molecule has 0 heterocycles. The Bertz CT molecular complexity index is 497. The Kier molecular flexibility index (Phi) is 6.49. The van der Waals surface area contributed by atoms with E-state index in [1.165, 1.54) is 0 Å². The molecule has 0 aliphatic heterocycles. The number of rotatable bonds is 6. The third-order valence-corrected chi connectivity index (χ3v) is 3.44. The van der Waals surface area contributed by atoms with Crippen LogP contribution in [0.3, 0.4) is 0 Å². The Balaban J connectivity index is 2.75. The van der Waals surface area contributed by atoms with Crippen LogP contribution in [0.1, 0.15) is 32.3 Å². The summed E-state index contributed by atoms with van der Waals surface area (Å²) < 4.78 is 0. The van der Waals surface area contributed by atoms with E-state index in [2.05, 4.69) is 5.32 Å². The van der Waals surface area contributed by atoms with Gasteiger partial charge in [-0.3, -0.25) is 4.79 Å². The first-order valence-corrected chi connectivity index (χ1v) is 7.25. The van der Waals surface area contributed by atoms with Crippen LogP contribution in [0.25, 0.3) is 0 Å². The number of carboxylic acids is 1. The van der Waals surface area contributed by atoms with Crippen molar-refractivity contribution in [3.8, 4) is 0 Å². The SMILES string of the molecule is Cc1cccc(Cl)c1NC(=O)N(CCCC(=O)O)C(C)C.